The van der Waals surface area contributed by atoms with Crippen molar-refractivity contribution < 1.29 is 4.39 Å². The first kappa shape index (κ1) is 27.5. The summed E-state index contributed by atoms with van der Waals surface area (Å²) < 4.78 is 12.8. The standard InChI is InChI=1S/C26H44FN3S/c1-2-3-4-5-6-7-8-9-10-11-12-13-14-15-16-17-22-28-26(31)30-29-23-24-18-20-25(27)21-19-24/h18-21,23H,2-17,22H2,1H3,(H2,28,30,31)/b29-23+. The molecule has 1 rings (SSSR count). The fourth-order valence-corrected chi connectivity index (χ4v) is 3.78. The van der Waals surface area contributed by atoms with Crippen LogP contribution in [0.5, 0.6) is 0 Å². The molecule has 0 aromatic heterocycles. The molecule has 3 nitrogen and oxygen atoms in total. The highest BCUT2D eigenvalue weighted by Crippen LogP contribution is 2.13. The number of rotatable bonds is 19. The van der Waals surface area contributed by atoms with Crippen LogP contribution in [-0.4, -0.2) is 17.9 Å². The predicted octanol–water partition coefficient (Wildman–Crippen LogP) is 7.89. The summed E-state index contributed by atoms with van der Waals surface area (Å²) in [5, 5.41) is 7.77. The van der Waals surface area contributed by atoms with Crippen LogP contribution in [0.25, 0.3) is 0 Å². The molecule has 0 aliphatic heterocycles. The number of hydrazone groups is 1. The summed E-state index contributed by atoms with van der Waals surface area (Å²) in [6.45, 7) is 3.15. The quantitative estimate of drug-likeness (QED) is 0.0975. The molecule has 0 atom stereocenters. The van der Waals surface area contributed by atoms with E-state index in [2.05, 4.69) is 22.8 Å². The number of unbranched alkanes of at least 4 members (excludes halogenated alkanes) is 15. The topological polar surface area (TPSA) is 36.4 Å². The van der Waals surface area contributed by atoms with Crippen LogP contribution in [0.2, 0.25) is 0 Å². The number of nitrogens with zero attached hydrogens (tertiary/aromatic N) is 1. The molecule has 176 valence electrons. The number of hydrogen-bond donors (Lipinski definition) is 2. The molecule has 0 fully saturated rings. The fraction of sp³-hybridized carbons (Fsp3) is 0.692. The van der Waals surface area contributed by atoms with E-state index >= 15 is 0 Å². The van der Waals surface area contributed by atoms with Crippen LogP contribution in [0.3, 0.4) is 0 Å². The molecule has 1 aromatic rings. The minimum atomic E-state index is -0.249. The Morgan fingerprint density at radius 2 is 1.23 bits per heavy atom. The maximum Gasteiger partial charge on any atom is 0.186 e. The zero-order valence-electron chi connectivity index (χ0n) is 19.6. The second-order valence-electron chi connectivity index (χ2n) is 8.48. The Hall–Kier alpha value is -1.49. The lowest BCUT2D eigenvalue weighted by atomic mass is 10.0. The van der Waals surface area contributed by atoms with Gasteiger partial charge in [0.2, 0.25) is 0 Å². The minimum Gasteiger partial charge on any atom is -0.361 e. The van der Waals surface area contributed by atoms with Gasteiger partial charge in [0.05, 0.1) is 6.21 Å². The van der Waals surface area contributed by atoms with Gasteiger partial charge >= 0.3 is 0 Å². The van der Waals surface area contributed by atoms with Gasteiger partial charge in [-0.25, -0.2) is 4.39 Å². The molecule has 0 heterocycles. The van der Waals surface area contributed by atoms with E-state index in [0.717, 1.165) is 18.5 Å². The predicted molar refractivity (Wildman–Crippen MR) is 137 cm³/mol. The largest absolute Gasteiger partial charge is 0.361 e. The molecule has 1 aromatic carbocycles. The third kappa shape index (κ3) is 17.8. The van der Waals surface area contributed by atoms with E-state index in [4.69, 9.17) is 12.2 Å². The molecule has 5 heteroatoms. The van der Waals surface area contributed by atoms with E-state index in [1.54, 1.807) is 18.3 Å². The molecule has 0 bridgehead atoms. The average molecular weight is 450 g/mol. The summed E-state index contributed by atoms with van der Waals surface area (Å²) in [4.78, 5) is 0. The molecular formula is C26H44FN3S. The van der Waals surface area contributed by atoms with Crippen molar-refractivity contribution in [1.82, 2.24) is 10.7 Å². The first-order valence-electron chi connectivity index (χ1n) is 12.5. The van der Waals surface area contributed by atoms with E-state index in [9.17, 15) is 4.39 Å². The van der Waals surface area contributed by atoms with Crippen LogP contribution in [0.15, 0.2) is 29.4 Å². The number of thiocarbonyl (C=S) groups is 1. The van der Waals surface area contributed by atoms with Crippen LogP contribution in [0, 0.1) is 5.82 Å². The Labute approximate surface area is 195 Å². The lowest BCUT2D eigenvalue weighted by Gasteiger charge is -2.07. The highest BCUT2D eigenvalue weighted by atomic mass is 32.1. The molecule has 0 aliphatic carbocycles. The lowest BCUT2D eigenvalue weighted by Crippen LogP contribution is -2.32. The highest BCUT2D eigenvalue weighted by Gasteiger charge is 1.96. The molecule has 0 spiro atoms. The van der Waals surface area contributed by atoms with Crippen molar-refractivity contribution in [2.45, 2.75) is 110 Å². The minimum absolute atomic E-state index is 0.249. The number of halogens is 1. The number of benzene rings is 1. The van der Waals surface area contributed by atoms with E-state index in [-0.39, 0.29) is 5.82 Å². The Balaban J connectivity index is 1.80. The van der Waals surface area contributed by atoms with Crippen molar-refractivity contribution in [3.05, 3.63) is 35.6 Å². The van der Waals surface area contributed by atoms with Gasteiger partial charge in [0.15, 0.2) is 5.11 Å². The molecule has 0 amide bonds. The van der Waals surface area contributed by atoms with E-state index < -0.39 is 0 Å². The SMILES string of the molecule is CCCCCCCCCCCCCCCCCCNC(=S)N/N=C/c1ccc(F)cc1. The van der Waals surface area contributed by atoms with Gasteiger partial charge < -0.3 is 5.32 Å². The zero-order valence-corrected chi connectivity index (χ0v) is 20.5. The summed E-state index contributed by atoms with van der Waals surface area (Å²) >= 11 is 5.20. The lowest BCUT2D eigenvalue weighted by molar-refractivity contribution is 0.529. The van der Waals surface area contributed by atoms with Crippen molar-refractivity contribution >= 4 is 23.5 Å². The van der Waals surface area contributed by atoms with Gasteiger partial charge in [-0.3, -0.25) is 5.43 Å². The zero-order chi connectivity index (χ0) is 22.4. The smallest absolute Gasteiger partial charge is 0.186 e. The van der Waals surface area contributed by atoms with E-state index in [0.29, 0.717) is 5.11 Å². The van der Waals surface area contributed by atoms with Gasteiger partial charge in [-0.15, -0.1) is 0 Å². The van der Waals surface area contributed by atoms with Crippen LogP contribution >= 0.6 is 12.2 Å². The fourth-order valence-electron chi connectivity index (χ4n) is 3.63. The Kier molecular flexibility index (Phi) is 18.1. The highest BCUT2D eigenvalue weighted by molar-refractivity contribution is 7.80. The second-order valence-corrected chi connectivity index (χ2v) is 8.89. The average Bonchev–Trinajstić information content (AvgIpc) is 2.77. The van der Waals surface area contributed by atoms with Gasteiger partial charge in [-0.05, 0) is 36.3 Å². The van der Waals surface area contributed by atoms with Crippen molar-refractivity contribution in [1.29, 1.82) is 0 Å². The summed E-state index contributed by atoms with van der Waals surface area (Å²) in [5.41, 5.74) is 3.62. The Morgan fingerprint density at radius 3 is 1.71 bits per heavy atom. The third-order valence-electron chi connectivity index (χ3n) is 5.57. The summed E-state index contributed by atoms with van der Waals surface area (Å²) in [7, 11) is 0. The van der Waals surface area contributed by atoms with Crippen LogP contribution in [-0.2, 0) is 0 Å². The first-order valence-corrected chi connectivity index (χ1v) is 13.0. The molecule has 0 radical (unpaired) electrons. The van der Waals surface area contributed by atoms with Crippen molar-refractivity contribution in [2.75, 3.05) is 6.54 Å². The normalized spacial score (nSPS) is 11.2. The van der Waals surface area contributed by atoms with Crippen molar-refractivity contribution in [2.24, 2.45) is 5.10 Å². The molecular weight excluding hydrogens is 405 g/mol. The van der Waals surface area contributed by atoms with Gasteiger partial charge in [0.1, 0.15) is 5.82 Å². The molecule has 0 saturated heterocycles. The first-order chi connectivity index (χ1) is 15.2. The van der Waals surface area contributed by atoms with Gasteiger partial charge in [-0.1, -0.05) is 115 Å². The summed E-state index contributed by atoms with van der Waals surface area (Å²) in [5.74, 6) is -0.249. The van der Waals surface area contributed by atoms with Crippen LogP contribution < -0.4 is 10.7 Å². The van der Waals surface area contributed by atoms with E-state index in [1.165, 1.54) is 108 Å². The Morgan fingerprint density at radius 1 is 0.774 bits per heavy atom. The number of nitrogens with one attached hydrogen (secondary N) is 2. The van der Waals surface area contributed by atoms with Gasteiger partial charge in [0, 0.05) is 6.54 Å². The monoisotopic (exact) mass is 449 g/mol. The number of hydrogen-bond acceptors (Lipinski definition) is 2. The van der Waals surface area contributed by atoms with Crippen molar-refractivity contribution in [3.8, 4) is 0 Å². The van der Waals surface area contributed by atoms with Crippen LogP contribution in [0.4, 0.5) is 4.39 Å². The molecule has 2 N–H and O–H groups in total. The molecule has 0 saturated carbocycles. The van der Waals surface area contributed by atoms with Crippen molar-refractivity contribution in [3.63, 3.8) is 0 Å². The maximum atomic E-state index is 12.8. The summed E-state index contributed by atoms with van der Waals surface area (Å²) in [6.07, 6.45) is 23.7. The van der Waals surface area contributed by atoms with Gasteiger partial charge in [0.25, 0.3) is 0 Å². The second kappa shape index (κ2) is 20.4. The molecule has 0 aliphatic rings. The maximum absolute atomic E-state index is 12.8. The molecule has 0 unspecified atom stereocenters. The van der Waals surface area contributed by atoms with Crippen LogP contribution in [0.1, 0.15) is 115 Å². The Bertz CT molecular complexity index is 575. The summed E-state index contributed by atoms with van der Waals surface area (Å²) in [6, 6.07) is 6.17. The molecule has 31 heavy (non-hydrogen) atoms. The van der Waals surface area contributed by atoms with E-state index in [1.807, 2.05) is 0 Å². The van der Waals surface area contributed by atoms with Gasteiger partial charge in [-0.2, -0.15) is 5.10 Å². The third-order valence-corrected chi connectivity index (χ3v) is 5.80.